The van der Waals surface area contributed by atoms with Crippen LogP contribution in [-0.4, -0.2) is 23.7 Å². The van der Waals surface area contributed by atoms with Crippen LogP contribution in [0.15, 0.2) is 22.7 Å². The number of rotatable bonds is 3. The van der Waals surface area contributed by atoms with Gasteiger partial charge in [0.05, 0.1) is 16.7 Å². The molecule has 0 saturated heterocycles. The summed E-state index contributed by atoms with van der Waals surface area (Å²) in [4.78, 5) is 11.6. The molecule has 0 aliphatic rings. The van der Waals surface area contributed by atoms with E-state index >= 15 is 0 Å². The Hall–Kier alpha value is -0.580. The van der Waals surface area contributed by atoms with Gasteiger partial charge in [-0.15, -0.1) is 0 Å². The molecule has 1 rings (SSSR count). The molecule has 0 bridgehead atoms. The smallest absolute Gasteiger partial charge is 0.252 e. The first-order chi connectivity index (χ1) is 7.00. The van der Waals surface area contributed by atoms with E-state index in [0.29, 0.717) is 10.6 Å². The van der Waals surface area contributed by atoms with E-state index in [4.69, 9.17) is 16.7 Å². The van der Waals surface area contributed by atoms with Crippen LogP contribution in [0.4, 0.5) is 0 Å². The zero-order chi connectivity index (χ0) is 11.4. The van der Waals surface area contributed by atoms with Crippen LogP contribution in [-0.2, 0) is 0 Å². The Morgan fingerprint density at radius 1 is 1.67 bits per heavy atom. The lowest BCUT2D eigenvalue weighted by atomic mass is 10.2. The molecule has 1 amide bonds. The normalized spacial score (nSPS) is 12.3. The molecule has 0 aliphatic carbocycles. The van der Waals surface area contributed by atoms with Crippen molar-refractivity contribution in [3.8, 4) is 0 Å². The van der Waals surface area contributed by atoms with E-state index in [1.807, 2.05) is 0 Å². The number of aliphatic hydroxyl groups is 1. The standard InChI is InChI=1S/C10H11BrClNO2/c1-6(14)5-13-10(15)8-4-7(11)2-3-9(8)12/h2-4,6,14H,5H2,1H3,(H,13,15)/t6-/m1/s1. The summed E-state index contributed by atoms with van der Waals surface area (Å²) in [5.74, 6) is -0.290. The van der Waals surface area contributed by atoms with Crippen LogP contribution in [0.25, 0.3) is 0 Å². The largest absolute Gasteiger partial charge is 0.392 e. The Balaban J connectivity index is 2.77. The van der Waals surface area contributed by atoms with Crippen LogP contribution in [0.2, 0.25) is 5.02 Å². The molecule has 0 aliphatic heterocycles. The second-order valence-corrected chi connectivity index (χ2v) is 4.51. The summed E-state index contributed by atoms with van der Waals surface area (Å²) in [5.41, 5.74) is 0.395. The number of hydrogen-bond acceptors (Lipinski definition) is 2. The minimum atomic E-state index is -0.570. The molecule has 0 aromatic heterocycles. The van der Waals surface area contributed by atoms with Crippen LogP contribution in [0.5, 0.6) is 0 Å². The molecule has 0 spiro atoms. The highest BCUT2D eigenvalue weighted by molar-refractivity contribution is 9.10. The molecule has 2 N–H and O–H groups in total. The molecule has 1 aromatic rings. The summed E-state index contributed by atoms with van der Waals surface area (Å²) in [6, 6.07) is 5.04. The van der Waals surface area contributed by atoms with Gasteiger partial charge in [0.25, 0.3) is 5.91 Å². The van der Waals surface area contributed by atoms with Gasteiger partial charge in [-0.25, -0.2) is 0 Å². The van der Waals surface area contributed by atoms with Gasteiger partial charge >= 0.3 is 0 Å². The second kappa shape index (κ2) is 5.49. The number of nitrogens with one attached hydrogen (secondary N) is 1. The molecule has 0 unspecified atom stereocenters. The lowest BCUT2D eigenvalue weighted by Gasteiger charge is -2.08. The summed E-state index contributed by atoms with van der Waals surface area (Å²) in [6.45, 7) is 1.81. The van der Waals surface area contributed by atoms with Gasteiger partial charge in [0.2, 0.25) is 0 Å². The van der Waals surface area contributed by atoms with Crippen molar-refractivity contribution in [1.82, 2.24) is 5.32 Å². The first-order valence-electron chi connectivity index (χ1n) is 4.42. The minimum Gasteiger partial charge on any atom is -0.392 e. The van der Waals surface area contributed by atoms with Gasteiger partial charge in [0, 0.05) is 11.0 Å². The zero-order valence-corrected chi connectivity index (χ0v) is 10.5. The number of carbonyl (C=O) groups excluding carboxylic acids is 1. The topological polar surface area (TPSA) is 49.3 Å². The van der Waals surface area contributed by atoms with Crippen LogP contribution in [0.3, 0.4) is 0 Å². The van der Waals surface area contributed by atoms with E-state index in [-0.39, 0.29) is 12.5 Å². The van der Waals surface area contributed by atoms with Gasteiger partial charge in [0.1, 0.15) is 0 Å². The first kappa shape index (κ1) is 12.5. The maximum absolute atomic E-state index is 11.6. The molecule has 5 heteroatoms. The average Bonchev–Trinajstić information content (AvgIpc) is 2.18. The summed E-state index contributed by atoms with van der Waals surface area (Å²) in [7, 11) is 0. The van der Waals surface area contributed by atoms with Crippen molar-refractivity contribution in [2.24, 2.45) is 0 Å². The predicted molar refractivity (Wildman–Crippen MR) is 63.2 cm³/mol. The molecule has 0 saturated carbocycles. The molecule has 0 heterocycles. The zero-order valence-electron chi connectivity index (χ0n) is 8.13. The molecule has 3 nitrogen and oxygen atoms in total. The Bertz CT molecular complexity index is 368. The van der Waals surface area contributed by atoms with Gasteiger partial charge in [-0.05, 0) is 25.1 Å². The highest BCUT2D eigenvalue weighted by Gasteiger charge is 2.10. The quantitative estimate of drug-likeness (QED) is 0.897. The van der Waals surface area contributed by atoms with Crippen molar-refractivity contribution < 1.29 is 9.90 Å². The van der Waals surface area contributed by atoms with E-state index in [0.717, 1.165) is 4.47 Å². The van der Waals surface area contributed by atoms with Gasteiger partial charge in [0.15, 0.2) is 0 Å². The van der Waals surface area contributed by atoms with Gasteiger partial charge in [-0.2, -0.15) is 0 Å². The summed E-state index contributed by atoms with van der Waals surface area (Å²) >= 11 is 9.12. The fraction of sp³-hybridized carbons (Fsp3) is 0.300. The molecular weight excluding hydrogens is 281 g/mol. The summed E-state index contributed by atoms with van der Waals surface area (Å²) in [5, 5.41) is 12.0. The van der Waals surface area contributed by atoms with Gasteiger partial charge in [-0.1, -0.05) is 27.5 Å². The Labute approximate surface area is 102 Å². The summed E-state index contributed by atoms with van der Waals surface area (Å²) < 4.78 is 0.786. The Morgan fingerprint density at radius 2 is 2.33 bits per heavy atom. The molecule has 0 radical (unpaired) electrons. The van der Waals surface area contributed by atoms with Crippen molar-refractivity contribution in [2.75, 3.05) is 6.54 Å². The van der Waals surface area contributed by atoms with Crippen LogP contribution < -0.4 is 5.32 Å². The fourth-order valence-electron chi connectivity index (χ4n) is 1.01. The third kappa shape index (κ3) is 3.81. The molecule has 1 aromatic carbocycles. The second-order valence-electron chi connectivity index (χ2n) is 3.18. The fourth-order valence-corrected chi connectivity index (χ4v) is 1.57. The van der Waals surface area contributed by atoms with E-state index in [9.17, 15) is 4.79 Å². The molecular formula is C10H11BrClNO2. The van der Waals surface area contributed by atoms with Crippen LogP contribution in [0, 0.1) is 0 Å². The molecule has 1 atom stereocenters. The maximum Gasteiger partial charge on any atom is 0.252 e. The highest BCUT2D eigenvalue weighted by atomic mass is 79.9. The maximum atomic E-state index is 11.6. The summed E-state index contributed by atoms with van der Waals surface area (Å²) in [6.07, 6.45) is -0.570. The van der Waals surface area contributed by atoms with Crippen molar-refractivity contribution in [1.29, 1.82) is 0 Å². The van der Waals surface area contributed by atoms with Crippen LogP contribution in [0.1, 0.15) is 17.3 Å². The van der Waals surface area contributed by atoms with E-state index < -0.39 is 6.10 Å². The van der Waals surface area contributed by atoms with E-state index in [2.05, 4.69) is 21.2 Å². The molecule has 15 heavy (non-hydrogen) atoms. The lowest BCUT2D eigenvalue weighted by Crippen LogP contribution is -2.30. The number of carbonyl (C=O) groups is 1. The number of hydrogen-bond donors (Lipinski definition) is 2. The first-order valence-corrected chi connectivity index (χ1v) is 5.59. The van der Waals surface area contributed by atoms with E-state index in [1.165, 1.54) is 0 Å². The minimum absolute atomic E-state index is 0.210. The van der Waals surface area contributed by atoms with Crippen molar-refractivity contribution in [2.45, 2.75) is 13.0 Å². The predicted octanol–water partition coefficient (Wildman–Crippen LogP) is 2.21. The number of halogens is 2. The monoisotopic (exact) mass is 291 g/mol. The van der Waals surface area contributed by atoms with Crippen molar-refractivity contribution in [3.05, 3.63) is 33.3 Å². The van der Waals surface area contributed by atoms with Crippen LogP contribution >= 0.6 is 27.5 Å². The Morgan fingerprint density at radius 3 is 2.93 bits per heavy atom. The number of amides is 1. The highest BCUT2D eigenvalue weighted by Crippen LogP contribution is 2.20. The number of benzene rings is 1. The third-order valence-corrected chi connectivity index (χ3v) is 2.55. The van der Waals surface area contributed by atoms with Gasteiger partial charge < -0.3 is 10.4 Å². The molecule has 0 fully saturated rings. The van der Waals surface area contributed by atoms with Crippen molar-refractivity contribution in [3.63, 3.8) is 0 Å². The van der Waals surface area contributed by atoms with Crippen molar-refractivity contribution >= 4 is 33.4 Å². The number of aliphatic hydroxyl groups excluding tert-OH is 1. The SMILES string of the molecule is C[C@@H](O)CNC(=O)c1cc(Br)ccc1Cl. The Kier molecular flexibility index (Phi) is 4.57. The van der Waals surface area contributed by atoms with Gasteiger partial charge in [-0.3, -0.25) is 4.79 Å². The third-order valence-electron chi connectivity index (χ3n) is 1.73. The lowest BCUT2D eigenvalue weighted by molar-refractivity contribution is 0.0924. The average molecular weight is 293 g/mol. The molecule has 82 valence electrons. The van der Waals surface area contributed by atoms with E-state index in [1.54, 1.807) is 25.1 Å².